The molecule has 0 aromatic heterocycles. The van der Waals surface area contributed by atoms with Crippen molar-refractivity contribution in [3.05, 3.63) is 70.2 Å². The van der Waals surface area contributed by atoms with Gasteiger partial charge in [-0.25, -0.2) is 0 Å². The molecule has 0 N–H and O–H groups in total. The second-order valence-electron chi connectivity index (χ2n) is 5.80. The highest BCUT2D eigenvalue weighted by atomic mass is 35.5. The molecule has 2 aromatic rings. The first-order valence-electron chi connectivity index (χ1n) is 8.68. The molecule has 142 valence electrons. The van der Waals surface area contributed by atoms with Crippen LogP contribution >= 0.6 is 11.6 Å². The van der Waals surface area contributed by atoms with Crippen LogP contribution in [-0.2, 0) is 25.5 Å². The molecule has 0 saturated heterocycles. The van der Waals surface area contributed by atoms with Crippen molar-refractivity contribution >= 4 is 29.3 Å². The van der Waals surface area contributed by atoms with Crippen molar-refractivity contribution in [3.63, 3.8) is 0 Å². The first-order valence-corrected chi connectivity index (χ1v) is 9.06. The molecule has 0 atom stereocenters. The van der Waals surface area contributed by atoms with Crippen LogP contribution in [0.2, 0.25) is 5.02 Å². The van der Waals surface area contributed by atoms with Gasteiger partial charge in [-0.3, -0.25) is 14.4 Å². The standard InChI is InChI=1S/C21H21ClO5/c1-3-26-20(24)18(21(25)27-4-2)13-14-6-5-7-16(12-14)19(23)15-8-10-17(22)11-9-15/h5-12,18H,3-4,13H2,1-2H3. The second kappa shape index (κ2) is 9.88. The van der Waals surface area contributed by atoms with E-state index in [-0.39, 0.29) is 25.4 Å². The fourth-order valence-corrected chi connectivity index (χ4v) is 2.72. The van der Waals surface area contributed by atoms with E-state index in [2.05, 4.69) is 0 Å². The fraction of sp³-hybridized carbons (Fsp3) is 0.286. The van der Waals surface area contributed by atoms with E-state index < -0.39 is 17.9 Å². The minimum atomic E-state index is -1.06. The molecule has 2 rings (SSSR count). The van der Waals surface area contributed by atoms with E-state index >= 15 is 0 Å². The third kappa shape index (κ3) is 5.66. The van der Waals surface area contributed by atoms with E-state index in [9.17, 15) is 14.4 Å². The highest BCUT2D eigenvalue weighted by Gasteiger charge is 2.30. The Hall–Kier alpha value is -2.66. The van der Waals surface area contributed by atoms with Crippen molar-refractivity contribution in [1.29, 1.82) is 0 Å². The maximum atomic E-state index is 12.6. The highest BCUT2D eigenvalue weighted by Crippen LogP contribution is 2.18. The first-order chi connectivity index (χ1) is 13.0. The SMILES string of the molecule is CCOC(=O)C(Cc1cccc(C(=O)c2ccc(Cl)cc2)c1)C(=O)OCC. The molecule has 6 heteroatoms. The molecule has 0 unspecified atom stereocenters. The smallest absolute Gasteiger partial charge is 0.320 e. The summed E-state index contributed by atoms with van der Waals surface area (Å²) in [5.41, 5.74) is 1.63. The Morgan fingerprint density at radius 2 is 1.48 bits per heavy atom. The summed E-state index contributed by atoms with van der Waals surface area (Å²) < 4.78 is 9.97. The van der Waals surface area contributed by atoms with Crippen LogP contribution in [0.3, 0.4) is 0 Å². The maximum absolute atomic E-state index is 12.6. The number of hydrogen-bond acceptors (Lipinski definition) is 5. The Bertz CT molecular complexity index is 796. The summed E-state index contributed by atoms with van der Waals surface area (Å²) in [6, 6.07) is 13.4. The van der Waals surface area contributed by atoms with Crippen LogP contribution in [0.4, 0.5) is 0 Å². The molecule has 0 bridgehead atoms. The molecule has 0 amide bonds. The molecule has 0 aliphatic rings. The summed E-state index contributed by atoms with van der Waals surface area (Å²) in [6.07, 6.45) is 0.0966. The number of carbonyl (C=O) groups is 3. The Balaban J connectivity index is 2.23. The van der Waals surface area contributed by atoms with Gasteiger partial charge >= 0.3 is 11.9 Å². The number of hydrogen-bond donors (Lipinski definition) is 0. The van der Waals surface area contributed by atoms with E-state index in [1.165, 1.54) is 0 Å². The predicted octanol–water partition coefficient (Wildman–Crippen LogP) is 3.86. The minimum absolute atomic E-state index is 0.0966. The highest BCUT2D eigenvalue weighted by molar-refractivity contribution is 6.30. The van der Waals surface area contributed by atoms with Crippen LogP contribution in [0, 0.1) is 5.92 Å². The quantitative estimate of drug-likeness (QED) is 0.390. The zero-order valence-electron chi connectivity index (χ0n) is 15.2. The molecule has 2 aromatic carbocycles. The number of benzene rings is 2. The Morgan fingerprint density at radius 1 is 0.889 bits per heavy atom. The molecule has 0 aliphatic heterocycles. The number of carbonyl (C=O) groups excluding carboxylic acids is 3. The molecule has 0 radical (unpaired) electrons. The van der Waals surface area contributed by atoms with E-state index in [4.69, 9.17) is 21.1 Å². The molecule has 0 aliphatic carbocycles. The van der Waals surface area contributed by atoms with Crippen LogP contribution < -0.4 is 0 Å². The van der Waals surface area contributed by atoms with Crippen LogP contribution in [0.25, 0.3) is 0 Å². The molecular weight excluding hydrogens is 368 g/mol. The first kappa shape index (κ1) is 20.6. The van der Waals surface area contributed by atoms with Crippen molar-refractivity contribution in [3.8, 4) is 0 Å². The summed E-state index contributed by atoms with van der Waals surface area (Å²) in [5.74, 6) is -2.50. The maximum Gasteiger partial charge on any atom is 0.320 e. The van der Waals surface area contributed by atoms with E-state index in [1.54, 1.807) is 62.4 Å². The largest absolute Gasteiger partial charge is 0.465 e. The van der Waals surface area contributed by atoms with Crippen molar-refractivity contribution in [2.45, 2.75) is 20.3 Å². The third-order valence-corrected chi connectivity index (χ3v) is 4.13. The molecule has 5 nitrogen and oxygen atoms in total. The minimum Gasteiger partial charge on any atom is -0.465 e. The van der Waals surface area contributed by atoms with Crippen molar-refractivity contribution in [1.82, 2.24) is 0 Å². The number of ether oxygens (including phenoxy) is 2. The van der Waals surface area contributed by atoms with Gasteiger partial charge in [-0.1, -0.05) is 29.8 Å². The zero-order chi connectivity index (χ0) is 19.8. The van der Waals surface area contributed by atoms with Gasteiger partial charge in [-0.2, -0.15) is 0 Å². The summed E-state index contributed by atoms with van der Waals surface area (Å²) in [7, 11) is 0. The number of rotatable bonds is 8. The summed E-state index contributed by atoms with van der Waals surface area (Å²) in [5, 5.41) is 0.548. The van der Waals surface area contributed by atoms with Gasteiger partial charge in [0.2, 0.25) is 0 Å². The lowest BCUT2D eigenvalue weighted by Crippen LogP contribution is -2.30. The van der Waals surface area contributed by atoms with Gasteiger partial charge < -0.3 is 9.47 Å². The van der Waals surface area contributed by atoms with Gasteiger partial charge in [0.1, 0.15) is 0 Å². The summed E-state index contributed by atoms with van der Waals surface area (Å²) >= 11 is 5.86. The summed E-state index contributed by atoms with van der Waals surface area (Å²) in [6.45, 7) is 3.69. The summed E-state index contributed by atoms with van der Waals surface area (Å²) in [4.78, 5) is 36.9. The van der Waals surface area contributed by atoms with E-state index in [1.807, 2.05) is 0 Å². The van der Waals surface area contributed by atoms with Gasteiger partial charge in [0.25, 0.3) is 0 Å². The number of ketones is 1. The van der Waals surface area contributed by atoms with Gasteiger partial charge in [-0.15, -0.1) is 0 Å². The Kier molecular flexibility index (Phi) is 7.55. The Labute approximate surface area is 163 Å². The van der Waals surface area contributed by atoms with Crippen molar-refractivity contribution in [2.75, 3.05) is 13.2 Å². The predicted molar refractivity (Wildman–Crippen MR) is 102 cm³/mol. The average Bonchev–Trinajstić information content (AvgIpc) is 2.66. The fourth-order valence-electron chi connectivity index (χ4n) is 2.59. The van der Waals surface area contributed by atoms with Crippen molar-refractivity contribution < 1.29 is 23.9 Å². The third-order valence-electron chi connectivity index (χ3n) is 3.88. The van der Waals surface area contributed by atoms with Crippen LogP contribution in [-0.4, -0.2) is 30.9 Å². The second-order valence-corrected chi connectivity index (χ2v) is 6.23. The molecule has 27 heavy (non-hydrogen) atoms. The van der Waals surface area contributed by atoms with Gasteiger partial charge in [-0.05, 0) is 56.2 Å². The normalized spacial score (nSPS) is 10.5. The topological polar surface area (TPSA) is 69.7 Å². The van der Waals surface area contributed by atoms with Crippen LogP contribution in [0.5, 0.6) is 0 Å². The number of esters is 2. The van der Waals surface area contributed by atoms with Crippen molar-refractivity contribution in [2.24, 2.45) is 5.92 Å². The average molecular weight is 389 g/mol. The lowest BCUT2D eigenvalue weighted by molar-refractivity contribution is -0.161. The van der Waals surface area contributed by atoms with Gasteiger partial charge in [0.15, 0.2) is 11.7 Å². The van der Waals surface area contributed by atoms with E-state index in [0.29, 0.717) is 21.7 Å². The lowest BCUT2D eigenvalue weighted by Gasteiger charge is -2.15. The van der Waals surface area contributed by atoms with Crippen LogP contribution in [0.15, 0.2) is 48.5 Å². The Morgan fingerprint density at radius 3 is 2.04 bits per heavy atom. The molecule has 0 heterocycles. The van der Waals surface area contributed by atoms with Gasteiger partial charge in [0.05, 0.1) is 13.2 Å². The molecule has 0 saturated carbocycles. The van der Waals surface area contributed by atoms with Crippen LogP contribution in [0.1, 0.15) is 35.3 Å². The molecular formula is C21H21ClO5. The van der Waals surface area contributed by atoms with Gasteiger partial charge in [0, 0.05) is 16.1 Å². The zero-order valence-corrected chi connectivity index (χ0v) is 16.0. The monoisotopic (exact) mass is 388 g/mol. The van der Waals surface area contributed by atoms with E-state index in [0.717, 1.165) is 0 Å². The lowest BCUT2D eigenvalue weighted by atomic mass is 9.95. The molecule has 0 spiro atoms. The molecule has 0 fully saturated rings. The number of halogens is 1.